The van der Waals surface area contributed by atoms with Crippen molar-refractivity contribution < 1.29 is 17.6 Å². The van der Waals surface area contributed by atoms with E-state index in [-0.39, 0.29) is 29.6 Å². The molecule has 0 radical (unpaired) electrons. The fourth-order valence-electron chi connectivity index (χ4n) is 3.34. The fraction of sp³-hybridized carbons (Fsp3) is 0.381. The van der Waals surface area contributed by atoms with Gasteiger partial charge in [-0.05, 0) is 49.6 Å². The molecule has 2 aromatic carbocycles. The Morgan fingerprint density at radius 2 is 1.79 bits per heavy atom. The largest absolute Gasteiger partial charge is 0.341 e. The Morgan fingerprint density at radius 1 is 1.04 bits per heavy atom. The Labute approximate surface area is 165 Å². The van der Waals surface area contributed by atoms with Crippen molar-refractivity contribution in [2.45, 2.75) is 31.1 Å². The van der Waals surface area contributed by atoms with Gasteiger partial charge in [0, 0.05) is 32.6 Å². The fourth-order valence-corrected chi connectivity index (χ4v) is 4.81. The number of halogens is 1. The van der Waals surface area contributed by atoms with Crippen LogP contribution in [0.15, 0.2) is 53.4 Å². The zero-order valence-corrected chi connectivity index (χ0v) is 16.8. The number of carbonyl (C=O) groups is 1. The molecule has 1 aliphatic rings. The van der Waals surface area contributed by atoms with E-state index in [9.17, 15) is 17.6 Å². The van der Waals surface area contributed by atoms with Gasteiger partial charge in [-0.15, -0.1) is 0 Å². The van der Waals surface area contributed by atoms with Gasteiger partial charge in [0.1, 0.15) is 5.82 Å². The quantitative estimate of drug-likeness (QED) is 0.770. The molecule has 0 bridgehead atoms. The van der Waals surface area contributed by atoms with Crippen LogP contribution in [0.4, 0.5) is 4.39 Å². The second-order valence-corrected chi connectivity index (χ2v) is 9.02. The molecule has 0 unspecified atom stereocenters. The van der Waals surface area contributed by atoms with E-state index in [1.54, 1.807) is 41.3 Å². The van der Waals surface area contributed by atoms with Gasteiger partial charge in [-0.25, -0.2) is 12.8 Å². The molecular weight excluding hydrogens is 379 g/mol. The van der Waals surface area contributed by atoms with E-state index < -0.39 is 10.0 Å². The summed E-state index contributed by atoms with van der Waals surface area (Å²) in [4.78, 5) is 14.5. The van der Waals surface area contributed by atoms with Gasteiger partial charge in [-0.1, -0.05) is 29.8 Å². The third-order valence-electron chi connectivity index (χ3n) is 4.98. The molecule has 0 atom stereocenters. The Kier molecular flexibility index (Phi) is 6.46. The van der Waals surface area contributed by atoms with Crippen LogP contribution >= 0.6 is 0 Å². The highest BCUT2D eigenvalue weighted by Gasteiger charge is 2.28. The minimum absolute atomic E-state index is 0.0288. The molecule has 0 saturated carbocycles. The molecule has 1 fully saturated rings. The van der Waals surface area contributed by atoms with Crippen LogP contribution in [0.25, 0.3) is 0 Å². The van der Waals surface area contributed by atoms with Crippen molar-refractivity contribution in [2.24, 2.45) is 0 Å². The minimum atomic E-state index is -3.56. The van der Waals surface area contributed by atoms with E-state index in [1.807, 2.05) is 6.92 Å². The normalized spacial score (nSPS) is 16.0. The van der Waals surface area contributed by atoms with Gasteiger partial charge in [-0.2, -0.15) is 4.31 Å². The number of hydrogen-bond acceptors (Lipinski definition) is 3. The predicted octanol–water partition coefficient (Wildman–Crippen LogP) is 2.99. The van der Waals surface area contributed by atoms with E-state index in [4.69, 9.17) is 0 Å². The van der Waals surface area contributed by atoms with Crippen LogP contribution in [-0.2, 0) is 21.2 Å². The number of nitrogens with zero attached hydrogens (tertiary/aromatic N) is 2. The maximum Gasteiger partial charge on any atom is 0.243 e. The lowest BCUT2D eigenvalue weighted by atomic mass is 10.1. The maximum absolute atomic E-state index is 13.3. The van der Waals surface area contributed by atoms with Crippen molar-refractivity contribution >= 4 is 15.9 Å². The van der Waals surface area contributed by atoms with Crippen molar-refractivity contribution in [3.8, 4) is 0 Å². The molecule has 150 valence electrons. The van der Waals surface area contributed by atoms with Crippen molar-refractivity contribution in [3.05, 3.63) is 65.5 Å². The molecule has 0 aromatic heterocycles. The summed E-state index contributed by atoms with van der Waals surface area (Å²) in [6.07, 6.45) is 1.35. The summed E-state index contributed by atoms with van der Waals surface area (Å²) in [5.41, 5.74) is 1.79. The molecule has 7 heteroatoms. The van der Waals surface area contributed by atoms with Gasteiger partial charge in [0.2, 0.25) is 15.9 Å². The number of aryl methyl sites for hydroxylation is 2. The lowest BCUT2D eigenvalue weighted by Crippen LogP contribution is -2.37. The van der Waals surface area contributed by atoms with Crippen LogP contribution in [-0.4, -0.2) is 49.7 Å². The first-order chi connectivity index (χ1) is 13.4. The van der Waals surface area contributed by atoms with Crippen LogP contribution < -0.4 is 0 Å². The first-order valence-electron chi connectivity index (χ1n) is 9.45. The first-order valence-corrected chi connectivity index (χ1v) is 10.9. The topological polar surface area (TPSA) is 57.7 Å². The van der Waals surface area contributed by atoms with Gasteiger partial charge < -0.3 is 4.90 Å². The number of carbonyl (C=O) groups excluding carboxylic acids is 1. The third-order valence-corrected chi connectivity index (χ3v) is 6.90. The Morgan fingerprint density at radius 3 is 2.50 bits per heavy atom. The summed E-state index contributed by atoms with van der Waals surface area (Å²) < 4.78 is 40.4. The van der Waals surface area contributed by atoms with Crippen LogP contribution in [0.2, 0.25) is 0 Å². The SMILES string of the molecule is Cc1ccc(S(=O)(=O)N2CCCN(C(=O)CCc3cccc(F)c3)CC2)cc1. The average Bonchev–Trinajstić information content (AvgIpc) is 2.93. The second kappa shape index (κ2) is 8.84. The number of amides is 1. The first kappa shape index (κ1) is 20.5. The van der Waals surface area contributed by atoms with Gasteiger partial charge >= 0.3 is 0 Å². The zero-order valence-electron chi connectivity index (χ0n) is 16.0. The smallest absolute Gasteiger partial charge is 0.243 e. The highest BCUT2D eigenvalue weighted by atomic mass is 32.2. The van der Waals surface area contributed by atoms with Crippen molar-refractivity contribution in [1.82, 2.24) is 9.21 Å². The molecular formula is C21H25FN2O3S. The number of rotatable bonds is 5. The standard InChI is InChI=1S/C21H25FN2O3S/c1-17-6-9-20(10-7-17)28(26,27)24-13-3-12-23(14-15-24)21(25)11-8-18-4-2-5-19(22)16-18/h2,4-7,9-10,16H,3,8,11-15H2,1H3. The highest BCUT2D eigenvalue weighted by molar-refractivity contribution is 7.89. The Balaban J connectivity index is 1.59. The molecule has 1 heterocycles. The molecule has 1 saturated heterocycles. The van der Waals surface area contributed by atoms with Gasteiger partial charge in [-0.3, -0.25) is 4.79 Å². The molecule has 0 N–H and O–H groups in total. The molecule has 1 aliphatic heterocycles. The van der Waals surface area contributed by atoms with Gasteiger partial charge in [0.25, 0.3) is 0 Å². The zero-order chi connectivity index (χ0) is 20.1. The minimum Gasteiger partial charge on any atom is -0.341 e. The maximum atomic E-state index is 13.3. The predicted molar refractivity (Wildman–Crippen MR) is 106 cm³/mol. The van der Waals surface area contributed by atoms with Crippen molar-refractivity contribution in [1.29, 1.82) is 0 Å². The van der Waals surface area contributed by atoms with Crippen molar-refractivity contribution in [2.75, 3.05) is 26.2 Å². The lowest BCUT2D eigenvalue weighted by Gasteiger charge is -2.22. The molecule has 3 rings (SSSR count). The molecule has 5 nitrogen and oxygen atoms in total. The van der Waals surface area contributed by atoms with E-state index >= 15 is 0 Å². The summed E-state index contributed by atoms with van der Waals surface area (Å²) >= 11 is 0. The summed E-state index contributed by atoms with van der Waals surface area (Å²) in [5, 5.41) is 0. The van der Waals surface area contributed by atoms with E-state index in [0.717, 1.165) is 11.1 Å². The molecule has 1 amide bonds. The van der Waals surface area contributed by atoms with E-state index in [2.05, 4.69) is 0 Å². The van der Waals surface area contributed by atoms with E-state index in [0.29, 0.717) is 32.5 Å². The number of hydrogen-bond donors (Lipinski definition) is 0. The third kappa shape index (κ3) is 4.97. The van der Waals surface area contributed by atoms with Gasteiger partial charge in [0.05, 0.1) is 4.90 Å². The molecule has 0 spiro atoms. The highest BCUT2D eigenvalue weighted by Crippen LogP contribution is 2.19. The summed E-state index contributed by atoms with van der Waals surface area (Å²) in [7, 11) is -3.56. The Bertz CT molecular complexity index is 929. The van der Waals surface area contributed by atoms with Crippen LogP contribution in [0.5, 0.6) is 0 Å². The van der Waals surface area contributed by atoms with Crippen molar-refractivity contribution in [3.63, 3.8) is 0 Å². The number of sulfonamides is 1. The monoisotopic (exact) mass is 404 g/mol. The Hall–Kier alpha value is -2.25. The number of benzene rings is 2. The molecule has 28 heavy (non-hydrogen) atoms. The molecule has 2 aromatic rings. The van der Waals surface area contributed by atoms with Gasteiger partial charge in [0.15, 0.2) is 0 Å². The van der Waals surface area contributed by atoms with Crippen LogP contribution in [0.3, 0.4) is 0 Å². The lowest BCUT2D eigenvalue weighted by molar-refractivity contribution is -0.131. The summed E-state index contributed by atoms with van der Waals surface area (Å²) in [5.74, 6) is -0.337. The summed E-state index contributed by atoms with van der Waals surface area (Å²) in [6.45, 7) is 3.48. The average molecular weight is 405 g/mol. The second-order valence-electron chi connectivity index (χ2n) is 7.08. The molecule has 0 aliphatic carbocycles. The van der Waals surface area contributed by atoms with Crippen LogP contribution in [0, 0.1) is 12.7 Å². The summed E-state index contributed by atoms with van der Waals surface area (Å²) in [6, 6.07) is 13.1. The van der Waals surface area contributed by atoms with E-state index in [1.165, 1.54) is 16.4 Å². The van der Waals surface area contributed by atoms with Crippen LogP contribution in [0.1, 0.15) is 24.0 Å².